The Morgan fingerprint density at radius 1 is 1.24 bits per heavy atom. The molecule has 0 radical (unpaired) electrons. The average Bonchev–Trinajstić information content (AvgIpc) is 2.72. The van der Waals surface area contributed by atoms with Gasteiger partial charge in [0.05, 0.1) is 16.1 Å². The van der Waals surface area contributed by atoms with Gasteiger partial charge < -0.3 is 10.2 Å². The van der Waals surface area contributed by atoms with Crippen molar-refractivity contribution < 1.29 is 4.42 Å². The van der Waals surface area contributed by atoms with Crippen molar-refractivity contribution in [3.05, 3.63) is 57.5 Å². The summed E-state index contributed by atoms with van der Waals surface area (Å²) >= 11 is 12.1. The van der Waals surface area contributed by atoms with Gasteiger partial charge in [0.15, 0.2) is 0 Å². The Bertz CT molecular complexity index is 522. The van der Waals surface area contributed by atoms with E-state index in [0.717, 1.165) is 17.1 Å². The Morgan fingerprint density at radius 3 is 2.65 bits per heavy atom. The standard InChI is InChI=1S/C13H13Cl2NO/c1-8-5-6-12(17-8)11(16)7-9-3-2-4-10(14)13(9)15/h2-6,11H,7,16H2,1H3. The molecule has 0 aliphatic heterocycles. The van der Waals surface area contributed by atoms with Crippen molar-refractivity contribution in [1.82, 2.24) is 0 Å². The minimum absolute atomic E-state index is 0.209. The highest BCUT2D eigenvalue weighted by Gasteiger charge is 2.13. The predicted molar refractivity (Wildman–Crippen MR) is 70.5 cm³/mol. The molecule has 1 aromatic heterocycles. The Labute approximate surface area is 110 Å². The molecule has 1 unspecified atom stereocenters. The van der Waals surface area contributed by atoms with Crippen molar-refractivity contribution in [3.8, 4) is 0 Å². The van der Waals surface area contributed by atoms with E-state index in [1.165, 1.54) is 0 Å². The van der Waals surface area contributed by atoms with Gasteiger partial charge in [-0.3, -0.25) is 0 Å². The van der Waals surface area contributed by atoms with Gasteiger partial charge in [0.1, 0.15) is 11.5 Å². The Hall–Kier alpha value is -0.960. The number of hydrogen-bond acceptors (Lipinski definition) is 2. The van der Waals surface area contributed by atoms with Crippen LogP contribution in [0.3, 0.4) is 0 Å². The molecule has 0 spiro atoms. The highest BCUT2D eigenvalue weighted by atomic mass is 35.5. The van der Waals surface area contributed by atoms with Crippen molar-refractivity contribution in [2.45, 2.75) is 19.4 Å². The fraction of sp³-hybridized carbons (Fsp3) is 0.231. The van der Waals surface area contributed by atoms with E-state index < -0.39 is 0 Å². The lowest BCUT2D eigenvalue weighted by Gasteiger charge is -2.11. The summed E-state index contributed by atoms with van der Waals surface area (Å²) < 4.78 is 5.49. The van der Waals surface area contributed by atoms with E-state index in [1.54, 1.807) is 6.07 Å². The molecule has 0 aliphatic rings. The van der Waals surface area contributed by atoms with Gasteiger partial charge in [-0.1, -0.05) is 35.3 Å². The van der Waals surface area contributed by atoms with E-state index in [1.807, 2.05) is 31.2 Å². The first-order valence-corrected chi connectivity index (χ1v) is 6.08. The second-order valence-corrected chi connectivity index (χ2v) is 4.76. The summed E-state index contributed by atoms with van der Waals surface area (Å²) in [6.07, 6.45) is 0.604. The third-order valence-electron chi connectivity index (χ3n) is 2.60. The monoisotopic (exact) mass is 269 g/mol. The molecule has 1 aromatic carbocycles. The van der Waals surface area contributed by atoms with Crippen molar-refractivity contribution in [2.24, 2.45) is 5.73 Å². The van der Waals surface area contributed by atoms with Gasteiger partial charge in [-0.2, -0.15) is 0 Å². The number of nitrogens with two attached hydrogens (primary N) is 1. The quantitative estimate of drug-likeness (QED) is 0.910. The Morgan fingerprint density at radius 2 is 2.00 bits per heavy atom. The summed E-state index contributed by atoms with van der Waals surface area (Å²) in [6, 6.07) is 9.12. The first-order chi connectivity index (χ1) is 8.08. The van der Waals surface area contributed by atoms with Crippen LogP contribution in [0.25, 0.3) is 0 Å². The van der Waals surface area contributed by atoms with Crippen molar-refractivity contribution >= 4 is 23.2 Å². The van der Waals surface area contributed by atoms with Gasteiger partial charge in [-0.25, -0.2) is 0 Å². The van der Waals surface area contributed by atoms with Crippen LogP contribution in [0.1, 0.15) is 23.1 Å². The predicted octanol–water partition coefficient (Wildman–Crippen LogP) is 4.14. The molecular weight excluding hydrogens is 257 g/mol. The lowest BCUT2D eigenvalue weighted by Crippen LogP contribution is -2.12. The van der Waals surface area contributed by atoms with Gasteiger partial charge in [0, 0.05) is 0 Å². The molecular formula is C13H13Cl2NO. The molecule has 2 rings (SSSR count). The van der Waals surface area contributed by atoms with Crippen LogP contribution < -0.4 is 5.73 Å². The fourth-order valence-electron chi connectivity index (χ4n) is 1.70. The molecule has 2 nitrogen and oxygen atoms in total. The highest BCUT2D eigenvalue weighted by molar-refractivity contribution is 6.42. The van der Waals surface area contributed by atoms with Crippen LogP contribution in [0.5, 0.6) is 0 Å². The molecule has 0 saturated carbocycles. The highest BCUT2D eigenvalue weighted by Crippen LogP contribution is 2.28. The Balaban J connectivity index is 2.18. The molecule has 17 heavy (non-hydrogen) atoms. The zero-order valence-corrected chi connectivity index (χ0v) is 10.9. The first-order valence-electron chi connectivity index (χ1n) is 5.32. The molecule has 2 aromatic rings. The van der Waals surface area contributed by atoms with Gasteiger partial charge in [-0.15, -0.1) is 0 Å². The summed E-state index contributed by atoms with van der Waals surface area (Å²) in [4.78, 5) is 0. The number of halogens is 2. The maximum Gasteiger partial charge on any atom is 0.121 e. The largest absolute Gasteiger partial charge is 0.465 e. The van der Waals surface area contributed by atoms with Crippen LogP contribution in [-0.2, 0) is 6.42 Å². The van der Waals surface area contributed by atoms with Crippen molar-refractivity contribution in [2.75, 3.05) is 0 Å². The summed E-state index contributed by atoms with van der Waals surface area (Å²) in [5.41, 5.74) is 7.00. The number of rotatable bonds is 3. The summed E-state index contributed by atoms with van der Waals surface area (Å²) in [5, 5.41) is 1.11. The van der Waals surface area contributed by atoms with Crippen LogP contribution in [-0.4, -0.2) is 0 Å². The van der Waals surface area contributed by atoms with Crippen molar-refractivity contribution in [3.63, 3.8) is 0 Å². The smallest absolute Gasteiger partial charge is 0.121 e. The summed E-state index contributed by atoms with van der Waals surface area (Å²) in [7, 11) is 0. The minimum atomic E-state index is -0.209. The third kappa shape index (κ3) is 2.83. The lowest BCUT2D eigenvalue weighted by molar-refractivity contribution is 0.445. The second kappa shape index (κ2) is 5.13. The van der Waals surface area contributed by atoms with Crippen LogP contribution >= 0.6 is 23.2 Å². The molecule has 0 amide bonds. The van der Waals surface area contributed by atoms with E-state index in [9.17, 15) is 0 Å². The number of hydrogen-bond donors (Lipinski definition) is 1. The first kappa shape index (κ1) is 12.5. The van der Waals surface area contributed by atoms with Crippen LogP contribution in [0.2, 0.25) is 10.0 Å². The van der Waals surface area contributed by atoms with Gasteiger partial charge in [0.2, 0.25) is 0 Å². The number of furan rings is 1. The normalized spacial score (nSPS) is 12.7. The molecule has 0 aliphatic carbocycles. The molecule has 1 atom stereocenters. The molecule has 0 fully saturated rings. The van der Waals surface area contributed by atoms with Gasteiger partial charge in [0.25, 0.3) is 0 Å². The zero-order chi connectivity index (χ0) is 12.4. The van der Waals surface area contributed by atoms with Gasteiger partial charge >= 0.3 is 0 Å². The number of benzene rings is 1. The van der Waals surface area contributed by atoms with Crippen molar-refractivity contribution in [1.29, 1.82) is 0 Å². The van der Waals surface area contributed by atoms with E-state index in [4.69, 9.17) is 33.4 Å². The Kier molecular flexibility index (Phi) is 3.77. The average molecular weight is 270 g/mol. The third-order valence-corrected chi connectivity index (χ3v) is 3.46. The maximum atomic E-state index is 6.11. The summed E-state index contributed by atoms with van der Waals surface area (Å²) in [5.74, 6) is 1.62. The van der Waals surface area contributed by atoms with E-state index in [2.05, 4.69) is 0 Å². The van der Waals surface area contributed by atoms with E-state index in [0.29, 0.717) is 16.5 Å². The van der Waals surface area contributed by atoms with Crippen LogP contribution in [0.4, 0.5) is 0 Å². The van der Waals surface area contributed by atoms with Crippen LogP contribution in [0.15, 0.2) is 34.7 Å². The lowest BCUT2D eigenvalue weighted by atomic mass is 10.0. The van der Waals surface area contributed by atoms with E-state index >= 15 is 0 Å². The molecule has 1 heterocycles. The fourth-order valence-corrected chi connectivity index (χ4v) is 2.09. The SMILES string of the molecule is Cc1ccc(C(N)Cc2cccc(Cl)c2Cl)o1. The topological polar surface area (TPSA) is 39.2 Å². The zero-order valence-electron chi connectivity index (χ0n) is 9.41. The van der Waals surface area contributed by atoms with Gasteiger partial charge in [-0.05, 0) is 37.1 Å². The second-order valence-electron chi connectivity index (χ2n) is 3.97. The number of aryl methyl sites for hydroxylation is 1. The molecule has 0 bridgehead atoms. The maximum absolute atomic E-state index is 6.11. The molecule has 0 saturated heterocycles. The van der Waals surface area contributed by atoms with E-state index in [-0.39, 0.29) is 6.04 Å². The molecule has 4 heteroatoms. The summed E-state index contributed by atoms with van der Waals surface area (Å²) in [6.45, 7) is 1.89. The van der Waals surface area contributed by atoms with Crippen LogP contribution in [0, 0.1) is 6.92 Å². The minimum Gasteiger partial charge on any atom is -0.465 e. The molecule has 90 valence electrons. The molecule has 2 N–H and O–H groups in total.